The number of carbonyl (C=O) groups is 1. The van der Waals surface area contributed by atoms with Crippen molar-refractivity contribution in [1.82, 2.24) is 0 Å². The molecule has 0 fully saturated rings. The highest BCUT2D eigenvalue weighted by atomic mass is 35.5. The molecule has 4 heteroatoms. The molecule has 1 aliphatic rings. The standard InChI is InChI=1S/C16H10Cl2O2/c1-9-2-4-10(5-3-9)6-14-15(19)12-7-11(17)8-13(18)16(12)20-14/h2-8H,1H3/b14-6-. The lowest BCUT2D eigenvalue weighted by Crippen LogP contribution is -1.98. The van der Waals surface area contributed by atoms with Gasteiger partial charge >= 0.3 is 0 Å². The van der Waals surface area contributed by atoms with E-state index in [1.54, 1.807) is 18.2 Å². The molecule has 100 valence electrons. The number of benzene rings is 2. The van der Waals surface area contributed by atoms with Gasteiger partial charge in [0.2, 0.25) is 5.78 Å². The lowest BCUT2D eigenvalue weighted by atomic mass is 10.1. The van der Waals surface area contributed by atoms with Gasteiger partial charge in [-0.25, -0.2) is 0 Å². The molecule has 2 aromatic rings. The summed E-state index contributed by atoms with van der Waals surface area (Å²) in [5.74, 6) is 0.428. The molecule has 0 saturated heterocycles. The van der Waals surface area contributed by atoms with Crippen LogP contribution >= 0.6 is 23.2 Å². The van der Waals surface area contributed by atoms with Crippen LogP contribution in [0.25, 0.3) is 6.08 Å². The summed E-state index contributed by atoms with van der Waals surface area (Å²) < 4.78 is 5.56. The van der Waals surface area contributed by atoms with Crippen molar-refractivity contribution in [2.24, 2.45) is 0 Å². The second-order valence-corrected chi connectivity index (χ2v) is 5.46. The average Bonchev–Trinajstić information content (AvgIpc) is 2.71. The number of Topliss-reactive ketones (excluding diaryl/α,β-unsaturated/α-hetero) is 1. The predicted octanol–water partition coefficient (Wildman–Crippen LogP) is 4.92. The molecular formula is C16H10Cl2O2. The van der Waals surface area contributed by atoms with Crippen molar-refractivity contribution in [3.63, 3.8) is 0 Å². The largest absolute Gasteiger partial charge is 0.451 e. The predicted molar refractivity (Wildman–Crippen MR) is 80.6 cm³/mol. The molecular weight excluding hydrogens is 295 g/mol. The first kappa shape index (κ1) is 13.2. The summed E-state index contributed by atoms with van der Waals surface area (Å²) in [5.41, 5.74) is 2.46. The number of rotatable bonds is 1. The summed E-state index contributed by atoms with van der Waals surface area (Å²) in [4.78, 5) is 12.3. The van der Waals surface area contributed by atoms with E-state index in [-0.39, 0.29) is 11.5 Å². The number of hydrogen-bond acceptors (Lipinski definition) is 2. The summed E-state index contributed by atoms with van der Waals surface area (Å²) in [5, 5.41) is 0.760. The fraction of sp³-hybridized carbons (Fsp3) is 0.0625. The molecule has 0 amide bonds. The van der Waals surface area contributed by atoms with Crippen LogP contribution in [0.2, 0.25) is 10.0 Å². The smallest absolute Gasteiger partial charge is 0.232 e. The second-order valence-electron chi connectivity index (χ2n) is 4.61. The van der Waals surface area contributed by atoms with Crippen molar-refractivity contribution in [1.29, 1.82) is 0 Å². The molecule has 0 unspecified atom stereocenters. The topological polar surface area (TPSA) is 26.3 Å². The van der Waals surface area contributed by atoms with E-state index >= 15 is 0 Å². The van der Waals surface area contributed by atoms with Crippen molar-refractivity contribution in [2.75, 3.05) is 0 Å². The maximum atomic E-state index is 12.3. The van der Waals surface area contributed by atoms with Crippen LogP contribution in [0.4, 0.5) is 0 Å². The first-order valence-electron chi connectivity index (χ1n) is 6.04. The van der Waals surface area contributed by atoms with Crippen molar-refractivity contribution in [3.05, 3.63) is 68.9 Å². The number of fused-ring (bicyclic) bond motifs is 1. The molecule has 0 radical (unpaired) electrons. The molecule has 0 N–H and O–H groups in total. The van der Waals surface area contributed by atoms with E-state index in [2.05, 4.69) is 0 Å². The molecule has 0 aliphatic carbocycles. The Morgan fingerprint density at radius 3 is 2.50 bits per heavy atom. The molecule has 0 aromatic heterocycles. The Balaban J connectivity index is 2.01. The highest BCUT2D eigenvalue weighted by molar-refractivity contribution is 6.37. The van der Waals surface area contributed by atoms with E-state index in [4.69, 9.17) is 27.9 Å². The third kappa shape index (κ3) is 2.33. The van der Waals surface area contributed by atoms with Gasteiger partial charge in [0.15, 0.2) is 11.5 Å². The molecule has 2 nitrogen and oxygen atoms in total. The van der Waals surface area contributed by atoms with Crippen LogP contribution < -0.4 is 4.74 Å². The van der Waals surface area contributed by atoms with E-state index in [0.717, 1.165) is 11.1 Å². The Bertz CT molecular complexity index is 731. The summed E-state index contributed by atoms with van der Waals surface area (Å²) in [6.45, 7) is 2.01. The zero-order chi connectivity index (χ0) is 14.3. The lowest BCUT2D eigenvalue weighted by Gasteiger charge is -2.01. The Morgan fingerprint density at radius 1 is 1.10 bits per heavy atom. The molecule has 0 bridgehead atoms. The summed E-state index contributed by atoms with van der Waals surface area (Å²) in [6, 6.07) is 10.9. The van der Waals surface area contributed by atoms with Crippen LogP contribution in [-0.2, 0) is 0 Å². The molecule has 0 atom stereocenters. The molecule has 20 heavy (non-hydrogen) atoms. The first-order chi connectivity index (χ1) is 9.54. The van der Waals surface area contributed by atoms with E-state index in [1.165, 1.54) is 0 Å². The molecule has 1 aliphatic heterocycles. The van der Waals surface area contributed by atoms with Crippen LogP contribution in [0.5, 0.6) is 5.75 Å². The highest BCUT2D eigenvalue weighted by Gasteiger charge is 2.29. The van der Waals surface area contributed by atoms with E-state index in [1.807, 2.05) is 31.2 Å². The van der Waals surface area contributed by atoms with Gasteiger partial charge in [-0.3, -0.25) is 4.79 Å². The van der Waals surface area contributed by atoms with Crippen molar-refractivity contribution in [2.45, 2.75) is 6.92 Å². The number of hydrogen-bond donors (Lipinski definition) is 0. The van der Waals surface area contributed by atoms with Crippen molar-refractivity contribution in [3.8, 4) is 5.75 Å². The van der Waals surface area contributed by atoms with Crippen LogP contribution in [0.15, 0.2) is 42.2 Å². The maximum Gasteiger partial charge on any atom is 0.232 e. The number of halogens is 2. The van der Waals surface area contributed by atoms with Gasteiger partial charge in [0.1, 0.15) is 0 Å². The summed E-state index contributed by atoms with van der Waals surface area (Å²) >= 11 is 11.9. The molecule has 1 heterocycles. The maximum absolute atomic E-state index is 12.3. The minimum atomic E-state index is -0.204. The Morgan fingerprint density at radius 2 is 1.80 bits per heavy atom. The lowest BCUT2D eigenvalue weighted by molar-refractivity contribution is 0.101. The number of ether oxygens (including phenoxy) is 1. The zero-order valence-corrected chi connectivity index (χ0v) is 12.1. The minimum Gasteiger partial charge on any atom is -0.451 e. The number of ketones is 1. The summed E-state index contributed by atoms with van der Waals surface area (Å²) in [6.07, 6.45) is 1.70. The Kier molecular flexibility index (Phi) is 3.28. The van der Waals surface area contributed by atoms with Gasteiger partial charge in [0.25, 0.3) is 0 Å². The van der Waals surface area contributed by atoms with Gasteiger partial charge in [0, 0.05) is 5.02 Å². The molecule has 3 rings (SSSR count). The zero-order valence-electron chi connectivity index (χ0n) is 10.6. The monoisotopic (exact) mass is 304 g/mol. The highest BCUT2D eigenvalue weighted by Crippen LogP contribution is 2.39. The van der Waals surface area contributed by atoms with Crippen LogP contribution in [0.1, 0.15) is 21.5 Å². The van der Waals surface area contributed by atoms with Crippen molar-refractivity contribution < 1.29 is 9.53 Å². The van der Waals surface area contributed by atoms with Crippen molar-refractivity contribution >= 4 is 35.1 Å². The molecule has 0 saturated carbocycles. The summed E-state index contributed by atoms with van der Waals surface area (Å²) in [7, 11) is 0. The van der Waals surface area contributed by atoms with E-state index in [0.29, 0.717) is 21.4 Å². The fourth-order valence-corrected chi connectivity index (χ4v) is 2.56. The first-order valence-corrected chi connectivity index (χ1v) is 6.80. The van der Waals surface area contributed by atoms with Gasteiger partial charge in [0.05, 0.1) is 10.6 Å². The normalized spacial score (nSPS) is 15.3. The van der Waals surface area contributed by atoms with Crippen LogP contribution in [0, 0.1) is 6.92 Å². The Hall–Kier alpha value is -1.77. The van der Waals surface area contributed by atoms with Gasteiger partial charge in [-0.05, 0) is 30.7 Å². The third-order valence-corrected chi connectivity index (χ3v) is 3.56. The van der Waals surface area contributed by atoms with E-state index in [9.17, 15) is 4.79 Å². The van der Waals surface area contributed by atoms with Gasteiger partial charge in [-0.15, -0.1) is 0 Å². The SMILES string of the molecule is Cc1ccc(/C=C2\Oc3c(Cl)cc(Cl)cc3C2=O)cc1. The van der Waals surface area contributed by atoms with Gasteiger partial charge in [-0.1, -0.05) is 53.0 Å². The number of aryl methyl sites for hydroxylation is 1. The average molecular weight is 305 g/mol. The fourth-order valence-electron chi connectivity index (χ4n) is 2.03. The number of allylic oxidation sites excluding steroid dienone is 1. The Labute approximate surface area is 126 Å². The molecule has 0 spiro atoms. The van der Waals surface area contributed by atoms with Gasteiger partial charge in [-0.2, -0.15) is 0 Å². The minimum absolute atomic E-state index is 0.204. The van der Waals surface area contributed by atoms with E-state index < -0.39 is 0 Å². The van der Waals surface area contributed by atoms with Gasteiger partial charge < -0.3 is 4.74 Å². The molecule has 2 aromatic carbocycles. The number of carbonyl (C=O) groups excluding carboxylic acids is 1. The van der Waals surface area contributed by atoms with Crippen LogP contribution in [0.3, 0.4) is 0 Å². The second kappa shape index (κ2) is 4.97. The quantitative estimate of drug-likeness (QED) is 0.699. The van der Waals surface area contributed by atoms with Crippen LogP contribution in [-0.4, -0.2) is 5.78 Å². The third-order valence-electron chi connectivity index (χ3n) is 3.06.